The standard InChI is InChI=1S/C12H11BrN2O3/c1-6-4-8(13)5-14-10(6)11-9(12(16)17-3)7(2)18-15-11/h4-5H,1-3H3. The molecule has 0 amide bonds. The highest BCUT2D eigenvalue weighted by Gasteiger charge is 2.24. The number of ether oxygens (including phenoxy) is 1. The van der Waals surface area contributed by atoms with Gasteiger partial charge in [-0.05, 0) is 41.4 Å². The summed E-state index contributed by atoms with van der Waals surface area (Å²) in [5, 5.41) is 3.89. The molecule has 0 spiro atoms. The fraction of sp³-hybridized carbons (Fsp3) is 0.250. The first kappa shape index (κ1) is 12.8. The molecule has 2 aromatic rings. The molecule has 0 aliphatic heterocycles. The number of nitrogens with zero attached hydrogens (tertiary/aromatic N) is 2. The second-order valence-electron chi connectivity index (χ2n) is 3.77. The maximum absolute atomic E-state index is 11.7. The second kappa shape index (κ2) is 4.89. The third-order valence-electron chi connectivity index (χ3n) is 2.52. The lowest BCUT2D eigenvalue weighted by atomic mass is 10.1. The third-order valence-corrected chi connectivity index (χ3v) is 2.96. The van der Waals surface area contributed by atoms with E-state index in [0.717, 1.165) is 10.0 Å². The maximum atomic E-state index is 11.7. The van der Waals surface area contributed by atoms with Crippen LogP contribution in [0.4, 0.5) is 0 Å². The van der Waals surface area contributed by atoms with Crippen LogP contribution < -0.4 is 0 Å². The number of esters is 1. The van der Waals surface area contributed by atoms with E-state index < -0.39 is 5.97 Å². The van der Waals surface area contributed by atoms with E-state index in [1.54, 1.807) is 13.1 Å². The summed E-state index contributed by atoms with van der Waals surface area (Å²) >= 11 is 3.34. The van der Waals surface area contributed by atoms with Crippen LogP contribution in [-0.2, 0) is 4.74 Å². The number of methoxy groups -OCH3 is 1. The van der Waals surface area contributed by atoms with E-state index in [1.807, 2.05) is 13.0 Å². The molecule has 0 aliphatic carbocycles. The molecule has 0 unspecified atom stereocenters. The fourth-order valence-corrected chi connectivity index (χ4v) is 2.11. The summed E-state index contributed by atoms with van der Waals surface area (Å²) in [4.78, 5) is 16.0. The van der Waals surface area contributed by atoms with E-state index in [0.29, 0.717) is 22.7 Å². The Morgan fingerprint density at radius 1 is 1.39 bits per heavy atom. The Morgan fingerprint density at radius 3 is 2.72 bits per heavy atom. The topological polar surface area (TPSA) is 65.2 Å². The van der Waals surface area contributed by atoms with E-state index in [1.165, 1.54) is 7.11 Å². The van der Waals surface area contributed by atoms with Gasteiger partial charge in [0.05, 0.1) is 12.8 Å². The molecule has 0 saturated carbocycles. The number of halogens is 1. The van der Waals surface area contributed by atoms with Crippen LogP contribution in [0.25, 0.3) is 11.4 Å². The minimum atomic E-state index is -0.479. The molecule has 0 radical (unpaired) electrons. The lowest BCUT2D eigenvalue weighted by molar-refractivity contribution is 0.0599. The predicted octanol–water partition coefficient (Wildman–Crippen LogP) is 2.90. The maximum Gasteiger partial charge on any atom is 0.343 e. The number of carbonyl (C=O) groups is 1. The summed E-state index contributed by atoms with van der Waals surface area (Å²) in [7, 11) is 1.32. The average molecular weight is 311 g/mol. The van der Waals surface area contributed by atoms with Gasteiger partial charge in [-0.2, -0.15) is 0 Å². The van der Waals surface area contributed by atoms with Crippen molar-refractivity contribution in [3.8, 4) is 11.4 Å². The molecule has 2 aromatic heterocycles. The van der Waals surface area contributed by atoms with Gasteiger partial charge >= 0.3 is 5.97 Å². The van der Waals surface area contributed by atoms with Crippen LogP contribution in [0.1, 0.15) is 21.7 Å². The molecule has 2 rings (SSSR count). The molecule has 18 heavy (non-hydrogen) atoms. The van der Waals surface area contributed by atoms with Crippen molar-refractivity contribution in [3.63, 3.8) is 0 Å². The van der Waals surface area contributed by atoms with E-state index in [9.17, 15) is 4.79 Å². The van der Waals surface area contributed by atoms with Crippen LogP contribution in [0.15, 0.2) is 21.3 Å². The molecule has 0 N–H and O–H groups in total. The van der Waals surface area contributed by atoms with Gasteiger partial charge in [-0.3, -0.25) is 4.98 Å². The number of aryl methyl sites for hydroxylation is 2. The number of pyridine rings is 1. The van der Waals surface area contributed by atoms with Crippen LogP contribution in [-0.4, -0.2) is 23.2 Å². The Morgan fingerprint density at radius 2 is 2.11 bits per heavy atom. The Hall–Kier alpha value is -1.69. The Labute approximate surface area is 112 Å². The fourth-order valence-electron chi connectivity index (χ4n) is 1.66. The lowest BCUT2D eigenvalue weighted by Crippen LogP contribution is -2.04. The normalized spacial score (nSPS) is 10.4. The first-order valence-corrected chi connectivity index (χ1v) is 6.01. The molecule has 0 atom stereocenters. The molecule has 0 aromatic carbocycles. The highest BCUT2D eigenvalue weighted by atomic mass is 79.9. The molecule has 5 nitrogen and oxygen atoms in total. The molecule has 6 heteroatoms. The van der Waals surface area contributed by atoms with Gasteiger partial charge in [0.2, 0.25) is 0 Å². The largest absolute Gasteiger partial charge is 0.465 e. The summed E-state index contributed by atoms with van der Waals surface area (Å²) in [6, 6.07) is 1.90. The zero-order valence-corrected chi connectivity index (χ0v) is 11.7. The third kappa shape index (κ3) is 2.15. The van der Waals surface area contributed by atoms with Crippen molar-refractivity contribution in [1.29, 1.82) is 0 Å². The second-order valence-corrected chi connectivity index (χ2v) is 4.69. The summed E-state index contributed by atoms with van der Waals surface area (Å²) in [5.74, 6) is -0.0613. The number of rotatable bonds is 2. The minimum absolute atomic E-state index is 0.315. The van der Waals surface area contributed by atoms with E-state index in [-0.39, 0.29) is 0 Å². The Bertz CT molecular complexity index is 607. The van der Waals surface area contributed by atoms with Gasteiger partial charge < -0.3 is 9.26 Å². The van der Waals surface area contributed by atoms with Crippen LogP contribution in [0.5, 0.6) is 0 Å². The zero-order valence-electron chi connectivity index (χ0n) is 10.2. The zero-order chi connectivity index (χ0) is 13.3. The van der Waals surface area contributed by atoms with Crippen LogP contribution in [0.3, 0.4) is 0 Å². The molecule has 2 heterocycles. The van der Waals surface area contributed by atoms with Gasteiger partial charge in [0, 0.05) is 10.7 Å². The van der Waals surface area contributed by atoms with Crippen LogP contribution >= 0.6 is 15.9 Å². The van der Waals surface area contributed by atoms with E-state index >= 15 is 0 Å². The van der Waals surface area contributed by atoms with Crippen molar-refractivity contribution in [3.05, 3.63) is 33.6 Å². The van der Waals surface area contributed by atoms with Crippen molar-refractivity contribution in [2.75, 3.05) is 7.11 Å². The summed E-state index contributed by atoms with van der Waals surface area (Å²) in [6.45, 7) is 3.55. The van der Waals surface area contributed by atoms with Gasteiger partial charge in [-0.25, -0.2) is 4.79 Å². The molecule has 0 bridgehead atoms. The number of carbonyl (C=O) groups excluding carboxylic acids is 1. The van der Waals surface area contributed by atoms with Gasteiger partial charge in [0.15, 0.2) is 0 Å². The van der Waals surface area contributed by atoms with Crippen molar-refractivity contribution < 1.29 is 14.1 Å². The molecular formula is C12H11BrN2O3. The smallest absolute Gasteiger partial charge is 0.343 e. The predicted molar refractivity (Wildman–Crippen MR) is 68.2 cm³/mol. The first-order chi connectivity index (χ1) is 8.54. The molecule has 94 valence electrons. The summed E-state index contributed by atoms with van der Waals surface area (Å²) in [5.41, 5.74) is 2.22. The number of aromatic nitrogens is 2. The first-order valence-electron chi connectivity index (χ1n) is 5.21. The summed E-state index contributed by atoms with van der Waals surface area (Å²) in [6.07, 6.45) is 1.65. The van der Waals surface area contributed by atoms with Gasteiger partial charge in [0.1, 0.15) is 17.0 Å². The highest BCUT2D eigenvalue weighted by molar-refractivity contribution is 9.10. The Kier molecular flexibility index (Phi) is 3.47. The minimum Gasteiger partial charge on any atom is -0.465 e. The van der Waals surface area contributed by atoms with Crippen LogP contribution in [0.2, 0.25) is 0 Å². The quantitative estimate of drug-likeness (QED) is 0.798. The van der Waals surface area contributed by atoms with E-state index in [2.05, 4.69) is 26.1 Å². The van der Waals surface area contributed by atoms with Crippen LogP contribution in [0, 0.1) is 13.8 Å². The monoisotopic (exact) mass is 310 g/mol. The van der Waals surface area contributed by atoms with Gasteiger partial charge in [0.25, 0.3) is 0 Å². The number of hydrogen-bond acceptors (Lipinski definition) is 5. The Balaban J connectivity index is 2.61. The van der Waals surface area contributed by atoms with Crippen molar-refractivity contribution in [1.82, 2.24) is 10.1 Å². The molecular weight excluding hydrogens is 300 g/mol. The van der Waals surface area contributed by atoms with Crippen molar-refractivity contribution in [2.45, 2.75) is 13.8 Å². The van der Waals surface area contributed by atoms with Crippen molar-refractivity contribution >= 4 is 21.9 Å². The highest BCUT2D eigenvalue weighted by Crippen LogP contribution is 2.28. The van der Waals surface area contributed by atoms with Gasteiger partial charge in [-0.1, -0.05) is 5.16 Å². The van der Waals surface area contributed by atoms with Gasteiger partial charge in [-0.15, -0.1) is 0 Å². The number of hydrogen-bond donors (Lipinski definition) is 0. The average Bonchev–Trinajstić information content (AvgIpc) is 2.70. The summed E-state index contributed by atoms with van der Waals surface area (Å²) < 4.78 is 10.6. The lowest BCUT2D eigenvalue weighted by Gasteiger charge is -2.03. The molecule has 0 aliphatic rings. The van der Waals surface area contributed by atoms with E-state index in [4.69, 9.17) is 9.26 Å². The van der Waals surface area contributed by atoms with Crippen molar-refractivity contribution in [2.24, 2.45) is 0 Å². The molecule has 0 saturated heterocycles. The molecule has 0 fully saturated rings. The SMILES string of the molecule is COC(=O)c1c(-c2ncc(Br)cc2C)noc1C.